The number of hydrogen-bond acceptors (Lipinski definition) is 3. The summed E-state index contributed by atoms with van der Waals surface area (Å²) in [5, 5.41) is 18.4. The Bertz CT molecular complexity index is 388. The number of carbonyl (C=O) groups is 1. The smallest absolute Gasteiger partial charge is 0.407 e. The SMILES string of the molecule is O=C(O)N1CCN(C(CO)c2ccccc2)CC1. The molecule has 5 heteroatoms. The number of amides is 1. The second-order valence-electron chi connectivity index (χ2n) is 4.41. The highest BCUT2D eigenvalue weighted by Gasteiger charge is 2.26. The summed E-state index contributed by atoms with van der Waals surface area (Å²) < 4.78 is 0. The summed E-state index contributed by atoms with van der Waals surface area (Å²) >= 11 is 0. The molecule has 1 aliphatic rings. The lowest BCUT2D eigenvalue weighted by Crippen LogP contribution is -2.49. The first kappa shape index (κ1) is 12.9. The molecular weight excluding hydrogens is 232 g/mol. The van der Waals surface area contributed by atoms with E-state index in [1.54, 1.807) is 0 Å². The van der Waals surface area contributed by atoms with Crippen molar-refractivity contribution in [2.24, 2.45) is 0 Å². The molecule has 0 spiro atoms. The van der Waals surface area contributed by atoms with E-state index in [4.69, 9.17) is 5.11 Å². The molecule has 1 amide bonds. The van der Waals surface area contributed by atoms with Gasteiger partial charge < -0.3 is 15.1 Å². The summed E-state index contributed by atoms with van der Waals surface area (Å²) in [6.45, 7) is 2.37. The first-order valence-corrected chi connectivity index (χ1v) is 6.10. The molecular formula is C13H18N2O3. The number of nitrogens with zero attached hydrogens (tertiary/aromatic N) is 2. The van der Waals surface area contributed by atoms with Crippen molar-refractivity contribution in [3.63, 3.8) is 0 Å². The average Bonchev–Trinajstić information content (AvgIpc) is 2.41. The zero-order chi connectivity index (χ0) is 13.0. The van der Waals surface area contributed by atoms with Gasteiger partial charge in [-0.3, -0.25) is 4.90 Å². The van der Waals surface area contributed by atoms with E-state index in [0.29, 0.717) is 26.2 Å². The number of aliphatic hydroxyl groups is 1. The molecule has 1 fully saturated rings. The third kappa shape index (κ3) is 2.80. The zero-order valence-electron chi connectivity index (χ0n) is 10.2. The standard InChI is InChI=1S/C13H18N2O3/c16-10-12(11-4-2-1-3-5-11)14-6-8-15(9-7-14)13(17)18/h1-5,12,16H,6-10H2,(H,17,18). The lowest BCUT2D eigenvalue weighted by molar-refractivity contribution is 0.0628. The molecule has 18 heavy (non-hydrogen) atoms. The van der Waals surface area contributed by atoms with Crippen LogP contribution in [0.2, 0.25) is 0 Å². The number of hydrogen-bond donors (Lipinski definition) is 2. The summed E-state index contributed by atoms with van der Waals surface area (Å²) in [5.41, 5.74) is 1.07. The van der Waals surface area contributed by atoms with Crippen LogP contribution in [0.1, 0.15) is 11.6 Å². The van der Waals surface area contributed by atoms with Crippen LogP contribution in [0, 0.1) is 0 Å². The molecule has 0 saturated carbocycles. The molecule has 1 atom stereocenters. The van der Waals surface area contributed by atoms with E-state index >= 15 is 0 Å². The quantitative estimate of drug-likeness (QED) is 0.840. The molecule has 0 aromatic heterocycles. The highest BCUT2D eigenvalue weighted by atomic mass is 16.4. The molecule has 2 rings (SSSR count). The monoisotopic (exact) mass is 250 g/mol. The van der Waals surface area contributed by atoms with Gasteiger partial charge in [-0.25, -0.2) is 4.79 Å². The number of rotatable bonds is 3. The van der Waals surface area contributed by atoms with Gasteiger partial charge in [-0.05, 0) is 5.56 Å². The van der Waals surface area contributed by atoms with E-state index in [1.807, 2.05) is 30.3 Å². The van der Waals surface area contributed by atoms with Crippen LogP contribution in [0.4, 0.5) is 4.79 Å². The van der Waals surface area contributed by atoms with Gasteiger partial charge in [0.05, 0.1) is 12.6 Å². The maximum Gasteiger partial charge on any atom is 0.407 e. The lowest BCUT2D eigenvalue weighted by atomic mass is 10.1. The largest absolute Gasteiger partial charge is 0.465 e. The third-order valence-corrected chi connectivity index (χ3v) is 3.38. The summed E-state index contributed by atoms with van der Waals surface area (Å²) in [7, 11) is 0. The van der Waals surface area contributed by atoms with Gasteiger partial charge in [0.25, 0.3) is 0 Å². The molecule has 0 bridgehead atoms. The normalized spacial score (nSPS) is 18.6. The Hall–Kier alpha value is -1.59. The fourth-order valence-corrected chi connectivity index (χ4v) is 2.33. The molecule has 2 N–H and O–H groups in total. The van der Waals surface area contributed by atoms with E-state index in [-0.39, 0.29) is 12.6 Å². The number of carboxylic acid groups (broad SMARTS) is 1. The summed E-state index contributed by atoms with van der Waals surface area (Å²) in [5.74, 6) is 0. The summed E-state index contributed by atoms with van der Waals surface area (Å²) in [6.07, 6.45) is -0.866. The van der Waals surface area contributed by atoms with Gasteiger partial charge in [-0.15, -0.1) is 0 Å². The Labute approximate surface area is 106 Å². The Balaban J connectivity index is 2.01. The van der Waals surface area contributed by atoms with E-state index < -0.39 is 6.09 Å². The van der Waals surface area contributed by atoms with Crippen molar-refractivity contribution in [1.82, 2.24) is 9.80 Å². The predicted molar refractivity (Wildman–Crippen MR) is 67.4 cm³/mol. The van der Waals surface area contributed by atoms with Gasteiger partial charge in [0.15, 0.2) is 0 Å². The van der Waals surface area contributed by atoms with Crippen molar-refractivity contribution in [3.8, 4) is 0 Å². The first-order valence-electron chi connectivity index (χ1n) is 6.10. The Morgan fingerprint density at radius 1 is 1.17 bits per heavy atom. The minimum Gasteiger partial charge on any atom is -0.465 e. The van der Waals surface area contributed by atoms with Crippen LogP contribution in [0.25, 0.3) is 0 Å². The van der Waals surface area contributed by atoms with E-state index in [2.05, 4.69) is 4.90 Å². The van der Waals surface area contributed by atoms with Crippen molar-refractivity contribution in [2.75, 3.05) is 32.8 Å². The van der Waals surface area contributed by atoms with Crippen molar-refractivity contribution < 1.29 is 15.0 Å². The maximum absolute atomic E-state index is 10.8. The zero-order valence-corrected chi connectivity index (χ0v) is 10.2. The molecule has 98 valence electrons. The third-order valence-electron chi connectivity index (χ3n) is 3.38. The van der Waals surface area contributed by atoms with Crippen molar-refractivity contribution in [2.45, 2.75) is 6.04 Å². The maximum atomic E-state index is 10.8. The second-order valence-corrected chi connectivity index (χ2v) is 4.41. The second kappa shape index (κ2) is 5.84. The first-order chi connectivity index (χ1) is 8.72. The van der Waals surface area contributed by atoms with Gasteiger partial charge in [0, 0.05) is 26.2 Å². The Morgan fingerprint density at radius 3 is 2.28 bits per heavy atom. The topological polar surface area (TPSA) is 64.0 Å². The molecule has 1 saturated heterocycles. The van der Waals surface area contributed by atoms with Crippen molar-refractivity contribution in [3.05, 3.63) is 35.9 Å². The van der Waals surface area contributed by atoms with Crippen molar-refractivity contribution in [1.29, 1.82) is 0 Å². The Kier molecular flexibility index (Phi) is 4.17. The molecule has 5 nitrogen and oxygen atoms in total. The van der Waals surface area contributed by atoms with Crippen LogP contribution in [0.5, 0.6) is 0 Å². The molecule has 1 unspecified atom stereocenters. The van der Waals surface area contributed by atoms with Gasteiger partial charge in [-0.2, -0.15) is 0 Å². The molecule has 0 radical (unpaired) electrons. The van der Waals surface area contributed by atoms with E-state index in [9.17, 15) is 9.90 Å². The van der Waals surface area contributed by atoms with Crippen LogP contribution in [-0.2, 0) is 0 Å². The van der Waals surface area contributed by atoms with Crippen LogP contribution >= 0.6 is 0 Å². The summed E-state index contributed by atoms with van der Waals surface area (Å²) in [6, 6.07) is 9.79. The molecule has 1 aliphatic heterocycles. The fraction of sp³-hybridized carbons (Fsp3) is 0.462. The van der Waals surface area contributed by atoms with Gasteiger partial charge >= 0.3 is 6.09 Å². The fourth-order valence-electron chi connectivity index (χ4n) is 2.33. The van der Waals surface area contributed by atoms with Crippen LogP contribution in [-0.4, -0.2) is 58.9 Å². The average molecular weight is 250 g/mol. The highest BCUT2D eigenvalue weighted by Crippen LogP contribution is 2.21. The number of benzene rings is 1. The molecule has 0 aliphatic carbocycles. The molecule has 1 aromatic rings. The molecule has 1 aromatic carbocycles. The summed E-state index contributed by atoms with van der Waals surface area (Å²) in [4.78, 5) is 14.4. The van der Waals surface area contributed by atoms with Gasteiger partial charge in [0.1, 0.15) is 0 Å². The van der Waals surface area contributed by atoms with Crippen LogP contribution in [0.3, 0.4) is 0 Å². The highest BCUT2D eigenvalue weighted by molar-refractivity contribution is 5.65. The molecule has 1 heterocycles. The predicted octanol–water partition coefficient (Wildman–Crippen LogP) is 1.02. The van der Waals surface area contributed by atoms with Crippen molar-refractivity contribution >= 4 is 6.09 Å². The number of aliphatic hydroxyl groups excluding tert-OH is 1. The number of piperazine rings is 1. The lowest BCUT2D eigenvalue weighted by Gasteiger charge is -2.37. The van der Waals surface area contributed by atoms with E-state index in [0.717, 1.165) is 5.56 Å². The van der Waals surface area contributed by atoms with E-state index in [1.165, 1.54) is 4.90 Å². The van der Waals surface area contributed by atoms with Gasteiger partial charge in [0.2, 0.25) is 0 Å². The Morgan fingerprint density at radius 2 is 1.78 bits per heavy atom. The van der Waals surface area contributed by atoms with Crippen LogP contribution in [0.15, 0.2) is 30.3 Å². The van der Waals surface area contributed by atoms with Crippen LogP contribution < -0.4 is 0 Å². The van der Waals surface area contributed by atoms with Gasteiger partial charge in [-0.1, -0.05) is 30.3 Å². The minimum atomic E-state index is -0.866. The minimum absolute atomic E-state index is 0.0397.